The molecule has 182 valence electrons. The summed E-state index contributed by atoms with van der Waals surface area (Å²) >= 11 is 0. The molecule has 6 rings (SSSR count). The van der Waals surface area contributed by atoms with Gasteiger partial charge in [0.15, 0.2) is 11.5 Å². The van der Waals surface area contributed by atoms with Crippen LogP contribution in [0.4, 0.5) is 5.82 Å². The molecule has 4 heterocycles. The van der Waals surface area contributed by atoms with Crippen LogP contribution >= 0.6 is 0 Å². The quantitative estimate of drug-likeness (QED) is 0.432. The van der Waals surface area contributed by atoms with Crippen molar-refractivity contribution in [1.29, 1.82) is 0 Å². The summed E-state index contributed by atoms with van der Waals surface area (Å²) in [6, 6.07) is 14.1. The zero-order valence-electron chi connectivity index (χ0n) is 19.3. The second-order valence-corrected chi connectivity index (χ2v) is 8.59. The lowest BCUT2D eigenvalue weighted by molar-refractivity contribution is -0.125. The molecule has 1 amide bonds. The predicted octanol–water partition coefficient (Wildman–Crippen LogP) is 3.25. The van der Waals surface area contributed by atoms with Crippen LogP contribution in [-0.4, -0.2) is 44.8 Å². The van der Waals surface area contributed by atoms with E-state index in [4.69, 9.17) is 19.9 Å². The van der Waals surface area contributed by atoms with Crippen LogP contribution < -0.4 is 25.6 Å². The highest BCUT2D eigenvalue weighted by molar-refractivity contribution is 5.88. The molecule has 1 saturated heterocycles. The summed E-state index contributed by atoms with van der Waals surface area (Å²) in [6.07, 6.45) is 3.54. The summed E-state index contributed by atoms with van der Waals surface area (Å²) in [5, 5.41) is 0. The van der Waals surface area contributed by atoms with E-state index >= 15 is 0 Å². The van der Waals surface area contributed by atoms with Gasteiger partial charge in [-0.1, -0.05) is 6.58 Å². The van der Waals surface area contributed by atoms with Crippen molar-refractivity contribution >= 4 is 22.8 Å². The molecule has 4 aromatic rings. The molecule has 2 aliphatic rings. The van der Waals surface area contributed by atoms with E-state index in [-0.39, 0.29) is 30.2 Å². The average molecular weight is 486 g/mol. The molecule has 2 aromatic heterocycles. The fourth-order valence-electron chi connectivity index (χ4n) is 4.80. The smallest absolute Gasteiger partial charge is 0.334 e. The third-order valence-corrected chi connectivity index (χ3v) is 6.50. The van der Waals surface area contributed by atoms with E-state index in [2.05, 4.69) is 11.6 Å². The largest absolute Gasteiger partial charge is 0.457 e. The molecular formula is C26H23N5O5. The number of fused-ring (bicyclic) bond motifs is 2. The molecule has 0 aliphatic carbocycles. The van der Waals surface area contributed by atoms with E-state index in [0.29, 0.717) is 59.2 Å². The van der Waals surface area contributed by atoms with E-state index in [0.717, 1.165) is 0 Å². The lowest BCUT2D eigenvalue weighted by Crippen LogP contribution is -2.31. The molecule has 0 bridgehead atoms. The Balaban J connectivity index is 1.35. The highest BCUT2D eigenvalue weighted by Gasteiger charge is 2.30. The number of likely N-dealkylation sites (tertiary alicyclic amines) is 1. The van der Waals surface area contributed by atoms with Crippen molar-refractivity contribution in [2.75, 3.05) is 25.6 Å². The SMILES string of the molecule is C=CC(=O)N1CC[C@@H](n2c(=O)n(-c3ccc(Oc4ccc5c(c4)OCO5)cc3)c3c(N)nccc32)C1. The minimum atomic E-state index is -0.243. The van der Waals surface area contributed by atoms with E-state index in [1.165, 1.54) is 6.08 Å². The Hall–Kier alpha value is -4.73. The van der Waals surface area contributed by atoms with Gasteiger partial charge in [0, 0.05) is 25.4 Å². The van der Waals surface area contributed by atoms with Gasteiger partial charge in [-0.15, -0.1) is 0 Å². The number of pyridine rings is 1. The van der Waals surface area contributed by atoms with Gasteiger partial charge in [-0.2, -0.15) is 0 Å². The van der Waals surface area contributed by atoms with Crippen molar-refractivity contribution in [3.8, 4) is 28.7 Å². The molecule has 0 unspecified atom stereocenters. The van der Waals surface area contributed by atoms with Crippen molar-refractivity contribution in [2.24, 2.45) is 0 Å². The Kier molecular flexibility index (Phi) is 5.14. The number of benzene rings is 2. The van der Waals surface area contributed by atoms with Crippen molar-refractivity contribution in [2.45, 2.75) is 12.5 Å². The number of nitrogens with two attached hydrogens (primary N) is 1. The highest BCUT2D eigenvalue weighted by atomic mass is 16.7. The van der Waals surface area contributed by atoms with Crippen LogP contribution in [-0.2, 0) is 4.79 Å². The summed E-state index contributed by atoms with van der Waals surface area (Å²) in [6.45, 7) is 4.74. The Morgan fingerprint density at radius 1 is 1.11 bits per heavy atom. The minimum absolute atomic E-state index is 0.145. The number of nitrogen functional groups attached to an aromatic ring is 1. The van der Waals surface area contributed by atoms with Gasteiger partial charge in [-0.05, 0) is 55.0 Å². The topological polar surface area (TPSA) is 114 Å². The number of hydrogen-bond donors (Lipinski definition) is 1. The number of hydrogen-bond acceptors (Lipinski definition) is 7. The number of amides is 1. The van der Waals surface area contributed by atoms with Gasteiger partial charge in [0.05, 0.1) is 17.2 Å². The Morgan fingerprint density at radius 3 is 2.69 bits per heavy atom. The molecule has 10 nitrogen and oxygen atoms in total. The predicted molar refractivity (Wildman–Crippen MR) is 133 cm³/mol. The summed E-state index contributed by atoms with van der Waals surface area (Å²) in [5.74, 6) is 2.61. The van der Waals surface area contributed by atoms with E-state index in [9.17, 15) is 9.59 Å². The first-order chi connectivity index (χ1) is 17.5. The second kappa shape index (κ2) is 8.49. The molecule has 0 radical (unpaired) electrons. The zero-order valence-corrected chi connectivity index (χ0v) is 19.3. The van der Waals surface area contributed by atoms with Gasteiger partial charge >= 0.3 is 5.69 Å². The van der Waals surface area contributed by atoms with E-state index < -0.39 is 0 Å². The Bertz CT molecular complexity index is 1560. The molecule has 10 heteroatoms. The third kappa shape index (κ3) is 3.54. The van der Waals surface area contributed by atoms with Crippen LogP contribution in [0.1, 0.15) is 12.5 Å². The van der Waals surface area contributed by atoms with Crippen LogP contribution in [0.3, 0.4) is 0 Å². The summed E-state index contributed by atoms with van der Waals surface area (Å²) in [4.78, 5) is 31.7. The second-order valence-electron chi connectivity index (χ2n) is 8.59. The number of carbonyl (C=O) groups excluding carboxylic acids is 1. The van der Waals surface area contributed by atoms with Crippen molar-refractivity contribution < 1.29 is 19.0 Å². The third-order valence-electron chi connectivity index (χ3n) is 6.50. The maximum absolute atomic E-state index is 13.7. The molecule has 0 saturated carbocycles. The van der Waals surface area contributed by atoms with E-state index in [1.54, 1.807) is 68.8 Å². The Labute approximate surface area is 205 Å². The number of nitrogens with zero attached hydrogens (tertiary/aromatic N) is 4. The van der Waals surface area contributed by atoms with Gasteiger partial charge in [0.2, 0.25) is 12.7 Å². The van der Waals surface area contributed by atoms with Crippen molar-refractivity contribution in [3.63, 3.8) is 0 Å². The maximum atomic E-state index is 13.7. The standard InChI is InChI=1S/C26H23N5O5/c1-2-23(32)29-12-10-17(14-29)30-20-9-11-28-25(27)24(20)31(26(30)33)16-3-5-18(6-4-16)36-19-7-8-21-22(13-19)35-15-34-21/h2-9,11,13,17H,1,10,12,14-15H2,(H2,27,28)/t17-/m1/s1. The number of aromatic nitrogens is 3. The number of carbonyl (C=O) groups is 1. The highest BCUT2D eigenvalue weighted by Crippen LogP contribution is 2.37. The maximum Gasteiger partial charge on any atom is 0.334 e. The molecule has 2 aliphatic heterocycles. The van der Waals surface area contributed by atoms with Crippen LogP contribution in [0.2, 0.25) is 0 Å². The minimum Gasteiger partial charge on any atom is -0.457 e. The van der Waals surface area contributed by atoms with Crippen molar-refractivity contribution in [1.82, 2.24) is 19.0 Å². The first kappa shape index (κ1) is 21.8. The van der Waals surface area contributed by atoms with Gasteiger partial charge in [0.1, 0.15) is 22.8 Å². The number of imidazole rings is 1. The number of ether oxygens (including phenoxy) is 3. The molecule has 36 heavy (non-hydrogen) atoms. The zero-order chi connectivity index (χ0) is 24.8. The number of rotatable bonds is 5. The van der Waals surface area contributed by atoms with E-state index in [1.807, 2.05) is 0 Å². The Morgan fingerprint density at radius 2 is 1.89 bits per heavy atom. The first-order valence-electron chi connectivity index (χ1n) is 11.5. The fourth-order valence-corrected chi connectivity index (χ4v) is 4.80. The fraction of sp³-hybridized carbons (Fsp3) is 0.192. The van der Waals surface area contributed by atoms with Crippen LogP contribution in [0.15, 0.2) is 72.2 Å². The van der Waals surface area contributed by atoms with Crippen LogP contribution in [0.25, 0.3) is 16.7 Å². The van der Waals surface area contributed by atoms with Gasteiger partial charge in [-0.25, -0.2) is 9.78 Å². The molecule has 2 N–H and O–H groups in total. The van der Waals surface area contributed by atoms with Gasteiger partial charge in [0.25, 0.3) is 0 Å². The first-order valence-corrected chi connectivity index (χ1v) is 11.5. The summed E-state index contributed by atoms with van der Waals surface area (Å²) < 4.78 is 20.0. The molecule has 2 aromatic carbocycles. The molecular weight excluding hydrogens is 462 g/mol. The van der Waals surface area contributed by atoms with Crippen LogP contribution in [0, 0.1) is 0 Å². The lowest BCUT2D eigenvalue weighted by atomic mass is 10.2. The summed E-state index contributed by atoms with van der Waals surface area (Å²) in [7, 11) is 0. The van der Waals surface area contributed by atoms with Crippen molar-refractivity contribution in [3.05, 3.63) is 77.9 Å². The average Bonchev–Trinajstić information content (AvgIpc) is 3.62. The molecule has 0 spiro atoms. The lowest BCUT2D eigenvalue weighted by Gasteiger charge is -2.15. The molecule has 1 fully saturated rings. The summed E-state index contributed by atoms with van der Waals surface area (Å²) in [5.41, 5.74) is 7.82. The normalized spacial score (nSPS) is 16.4. The monoisotopic (exact) mass is 485 g/mol. The van der Waals surface area contributed by atoms with Crippen LogP contribution in [0.5, 0.6) is 23.0 Å². The number of anilines is 1. The molecule has 1 atom stereocenters. The van der Waals surface area contributed by atoms with Gasteiger partial charge in [-0.3, -0.25) is 13.9 Å². The van der Waals surface area contributed by atoms with Gasteiger partial charge < -0.3 is 24.8 Å².